The molecule has 3 rings (SSSR count). The third-order valence-corrected chi connectivity index (χ3v) is 4.84. The maximum Gasteiger partial charge on any atom is 0.278 e. The van der Waals surface area contributed by atoms with Gasteiger partial charge in [0, 0.05) is 17.3 Å². The average Bonchev–Trinajstić information content (AvgIpc) is 2.64. The number of nitrogens with zero attached hydrogens (tertiary/aromatic N) is 2. The van der Waals surface area contributed by atoms with Crippen molar-refractivity contribution in [3.63, 3.8) is 0 Å². The molecule has 1 aromatic rings. The number of allylic oxidation sites excluding steroid dienone is 1. The monoisotopic (exact) mass is 306 g/mol. The van der Waals surface area contributed by atoms with Crippen LogP contribution in [0, 0.1) is 0 Å². The molecule has 0 radical (unpaired) electrons. The molecule has 1 saturated heterocycles. The number of thioether (sulfide) groups is 1. The molecule has 0 atom stereocenters. The number of amides is 1. The van der Waals surface area contributed by atoms with Crippen LogP contribution in [0.5, 0.6) is 0 Å². The van der Waals surface area contributed by atoms with E-state index in [9.17, 15) is 4.79 Å². The topological polar surface area (TPSA) is 32.7 Å². The van der Waals surface area contributed by atoms with Crippen LogP contribution in [0.2, 0.25) is 5.02 Å². The zero-order valence-corrected chi connectivity index (χ0v) is 12.8. The number of amidine groups is 1. The number of fused-ring (bicyclic) bond motifs is 1. The van der Waals surface area contributed by atoms with Gasteiger partial charge in [0.05, 0.1) is 0 Å². The van der Waals surface area contributed by atoms with Crippen molar-refractivity contribution < 1.29 is 4.79 Å². The van der Waals surface area contributed by atoms with Crippen LogP contribution in [0.1, 0.15) is 25.3 Å². The van der Waals surface area contributed by atoms with E-state index in [0.29, 0.717) is 10.7 Å². The van der Waals surface area contributed by atoms with Gasteiger partial charge >= 0.3 is 0 Å². The molecule has 0 saturated carbocycles. The highest BCUT2D eigenvalue weighted by Crippen LogP contribution is 2.31. The molecule has 2 aliphatic heterocycles. The van der Waals surface area contributed by atoms with E-state index in [1.807, 2.05) is 36.1 Å². The third-order valence-electron chi connectivity index (χ3n) is 3.53. The number of halogens is 1. The Morgan fingerprint density at radius 2 is 2.05 bits per heavy atom. The number of rotatable bonds is 1. The molecule has 0 N–H and O–H groups in total. The Labute approximate surface area is 127 Å². The molecule has 1 fully saturated rings. The second-order valence-corrected chi connectivity index (χ2v) is 6.39. The predicted molar refractivity (Wildman–Crippen MR) is 84.9 cm³/mol. The summed E-state index contributed by atoms with van der Waals surface area (Å²) in [5.74, 6) is 1.07. The SMILES string of the molecule is C/C(=C1/N=C2SCCCCN2C1=O)c1ccc(Cl)cc1. The van der Waals surface area contributed by atoms with Gasteiger partial charge in [-0.2, -0.15) is 0 Å². The number of carbonyl (C=O) groups is 1. The molecule has 0 unspecified atom stereocenters. The number of hydrogen-bond donors (Lipinski definition) is 0. The van der Waals surface area contributed by atoms with E-state index >= 15 is 0 Å². The predicted octanol–water partition coefficient (Wildman–Crippen LogP) is 3.80. The van der Waals surface area contributed by atoms with Crippen LogP contribution in [0.4, 0.5) is 0 Å². The van der Waals surface area contributed by atoms with E-state index in [1.165, 1.54) is 0 Å². The normalized spacial score (nSPS) is 21.4. The zero-order valence-electron chi connectivity index (χ0n) is 11.2. The number of carbonyl (C=O) groups excluding carboxylic acids is 1. The first-order chi connectivity index (χ1) is 9.66. The van der Waals surface area contributed by atoms with Gasteiger partial charge in [-0.3, -0.25) is 9.69 Å². The molecule has 0 spiro atoms. The highest BCUT2D eigenvalue weighted by Gasteiger charge is 2.32. The smallest absolute Gasteiger partial charge is 0.278 e. The van der Waals surface area contributed by atoms with Crippen molar-refractivity contribution in [3.8, 4) is 0 Å². The molecule has 3 nitrogen and oxygen atoms in total. The summed E-state index contributed by atoms with van der Waals surface area (Å²) in [5.41, 5.74) is 2.47. The van der Waals surface area contributed by atoms with Gasteiger partial charge in [-0.15, -0.1) is 0 Å². The van der Waals surface area contributed by atoms with E-state index < -0.39 is 0 Å². The minimum atomic E-state index is 0.0295. The van der Waals surface area contributed by atoms with Crippen LogP contribution in [0.25, 0.3) is 5.57 Å². The summed E-state index contributed by atoms with van der Waals surface area (Å²) in [5, 5.41) is 1.55. The van der Waals surface area contributed by atoms with Crippen molar-refractivity contribution in [1.29, 1.82) is 0 Å². The first-order valence-electron chi connectivity index (χ1n) is 6.67. The van der Waals surface area contributed by atoms with Gasteiger partial charge in [-0.05, 0) is 43.0 Å². The highest BCUT2D eigenvalue weighted by atomic mass is 35.5. The molecule has 0 bridgehead atoms. The lowest BCUT2D eigenvalue weighted by Crippen LogP contribution is -2.30. The Morgan fingerprint density at radius 3 is 2.80 bits per heavy atom. The van der Waals surface area contributed by atoms with Gasteiger partial charge < -0.3 is 0 Å². The Bertz CT molecular complexity index is 607. The van der Waals surface area contributed by atoms with Gasteiger partial charge in [0.25, 0.3) is 5.91 Å². The molecule has 0 aromatic heterocycles. The largest absolute Gasteiger partial charge is 0.286 e. The minimum absolute atomic E-state index is 0.0295. The molecule has 20 heavy (non-hydrogen) atoms. The Hall–Kier alpha value is -1.26. The standard InChI is InChI=1S/C15H15ClN2OS/c1-10(11-4-6-12(16)7-5-11)13-14(19)18-8-2-3-9-20-15(18)17-13/h4-7H,2-3,8-9H2,1H3/b13-10-. The van der Waals surface area contributed by atoms with E-state index in [-0.39, 0.29) is 5.91 Å². The van der Waals surface area contributed by atoms with Crippen LogP contribution >= 0.6 is 23.4 Å². The summed E-state index contributed by atoms with van der Waals surface area (Å²) >= 11 is 7.58. The van der Waals surface area contributed by atoms with Crippen molar-refractivity contribution in [2.75, 3.05) is 12.3 Å². The van der Waals surface area contributed by atoms with Crippen molar-refractivity contribution in [2.45, 2.75) is 19.8 Å². The summed E-state index contributed by atoms with van der Waals surface area (Å²) in [6, 6.07) is 7.52. The van der Waals surface area contributed by atoms with Crippen molar-refractivity contribution >= 4 is 40.0 Å². The van der Waals surface area contributed by atoms with Gasteiger partial charge in [-0.1, -0.05) is 35.5 Å². The summed E-state index contributed by atoms with van der Waals surface area (Å²) in [7, 11) is 0. The third kappa shape index (κ3) is 2.50. The Balaban J connectivity index is 1.98. The van der Waals surface area contributed by atoms with E-state index in [0.717, 1.165) is 41.4 Å². The number of aliphatic imine (C=N–C) groups is 1. The van der Waals surface area contributed by atoms with E-state index in [1.54, 1.807) is 11.8 Å². The lowest BCUT2D eigenvalue weighted by atomic mass is 10.1. The first-order valence-corrected chi connectivity index (χ1v) is 8.03. The summed E-state index contributed by atoms with van der Waals surface area (Å²) in [6.45, 7) is 2.72. The van der Waals surface area contributed by atoms with Gasteiger partial charge in [0.2, 0.25) is 0 Å². The molecule has 1 amide bonds. The average molecular weight is 307 g/mol. The first kappa shape index (κ1) is 13.7. The van der Waals surface area contributed by atoms with Crippen molar-refractivity contribution in [1.82, 2.24) is 4.90 Å². The maximum absolute atomic E-state index is 12.5. The number of benzene rings is 1. The van der Waals surface area contributed by atoms with Crippen LogP contribution in [0.3, 0.4) is 0 Å². The molecular weight excluding hydrogens is 292 g/mol. The molecule has 5 heteroatoms. The summed E-state index contributed by atoms with van der Waals surface area (Å²) < 4.78 is 0. The molecule has 104 valence electrons. The van der Waals surface area contributed by atoms with Gasteiger partial charge in [0.1, 0.15) is 5.70 Å². The van der Waals surface area contributed by atoms with Crippen LogP contribution < -0.4 is 0 Å². The van der Waals surface area contributed by atoms with Crippen LogP contribution in [-0.4, -0.2) is 28.3 Å². The molecular formula is C15H15ClN2OS. The lowest BCUT2D eigenvalue weighted by Gasteiger charge is -2.13. The molecule has 2 aliphatic rings. The lowest BCUT2D eigenvalue weighted by molar-refractivity contribution is -0.122. The molecule has 1 aromatic carbocycles. The van der Waals surface area contributed by atoms with E-state index in [2.05, 4.69) is 4.99 Å². The fourth-order valence-electron chi connectivity index (χ4n) is 2.34. The highest BCUT2D eigenvalue weighted by molar-refractivity contribution is 8.13. The number of hydrogen-bond acceptors (Lipinski definition) is 3. The fourth-order valence-corrected chi connectivity index (χ4v) is 3.49. The zero-order chi connectivity index (χ0) is 14.1. The van der Waals surface area contributed by atoms with Gasteiger partial charge in [0.15, 0.2) is 5.17 Å². The quantitative estimate of drug-likeness (QED) is 0.739. The van der Waals surface area contributed by atoms with Crippen molar-refractivity contribution in [2.24, 2.45) is 4.99 Å². The fraction of sp³-hybridized carbons (Fsp3) is 0.333. The van der Waals surface area contributed by atoms with Crippen LogP contribution in [-0.2, 0) is 4.79 Å². The maximum atomic E-state index is 12.5. The second-order valence-electron chi connectivity index (χ2n) is 4.89. The van der Waals surface area contributed by atoms with E-state index in [4.69, 9.17) is 11.6 Å². The van der Waals surface area contributed by atoms with Gasteiger partial charge in [-0.25, -0.2) is 4.99 Å². The van der Waals surface area contributed by atoms with Crippen molar-refractivity contribution in [3.05, 3.63) is 40.5 Å². The molecule has 0 aliphatic carbocycles. The summed E-state index contributed by atoms with van der Waals surface area (Å²) in [4.78, 5) is 18.9. The Kier molecular flexibility index (Phi) is 3.85. The van der Waals surface area contributed by atoms with Crippen LogP contribution in [0.15, 0.2) is 35.0 Å². The minimum Gasteiger partial charge on any atom is -0.286 e. The molecule has 2 heterocycles. The summed E-state index contributed by atoms with van der Waals surface area (Å²) in [6.07, 6.45) is 2.19. The Morgan fingerprint density at radius 1 is 1.30 bits per heavy atom. The second kappa shape index (κ2) is 5.62.